The van der Waals surface area contributed by atoms with Gasteiger partial charge in [-0.05, 0) is 74.6 Å². The van der Waals surface area contributed by atoms with Crippen molar-refractivity contribution < 1.29 is 14.3 Å². The maximum atomic E-state index is 13.1. The Labute approximate surface area is 204 Å². The van der Waals surface area contributed by atoms with Crippen molar-refractivity contribution in [2.45, 2.75) is 39.7 Å². The van der Waals surface area contributed by atoms with E-state index in [1.54, 1.807) is 38.1 Å². The lowest BCUT2D eigenvalue weighted by molar-refractivity contribution is 0.0378. The Hall–Kier alpha value is -2.51. The second-order valence-corrected chi connectivity index (χ2v) is 10.1. The van der Waals surface area contributed by atoms with Crippen molar-refractivity contribution in [3.63, 3.8) is 0 Å². The lowest BCUT2D eigenvalue weighted by atomic mass is 9.78. The molecule has 176 valence electrons. The number of amides is 2. The number of anilines is 1. The first kappa shape index (κ1) is 25.1. The minimum atomic E-state index is -0.424. The van der Waals surface area contributed by atoms with Crippen molar-refractivity contribution >= 4 is 46.8 Å². The third-order valence-corrected chi connectivity index (χ3v) is 6.36. The van der Waals surface area contributed by atoms with Crippen LogP contribution in [0.3, 0.4) is 0 Å². The molecule has 0 saturated carbocycles. The van der Waals surface area contributed by atoms with Crippen molar-refractivity contribution in [3.8, 4) is 0 Å². The van der Waals surface area contributed by atoms with Gasteiger partial charge in [0.15, 0.2) is 0 Å². The van der Waals surface area contributed by atoms with E-state index in [1.807, 2.05) is 36.0 Å². The number of nitrogens with zero attached hydrogens (tertiary/aromatic N) is 2. The highest BCUT2D eigenvalue weighted by Crippen LogP contribution is 2.36. The zero-order chi connectivity index (χ0) is 24.0. The molecule has 1 N–H and O–H groups in total. The standard InChI is InChI=1S/C25H30ClN3O3S/c1-17(2)32-23(30)19-7-5-8-21(15-19)27-24(31)29-16-25(3,13-6-14-33-4)22(28-29)18-9-11-20(26)12-10-18/h5,7-12,15,17H,6,13-14,16H2,1-4H3,(H,27,31). The van der Waals surface area contributed by atoms with Crippen molar-refractivity contribution in [1.29, 1.82) is 0 Å². The van der Waals surface area contributed by atoms with E-state index in [1.165, 1.54) is 5.01 Å². The van der Waals surface area contributed by atoms with Crippen LogP contribution < -0.4 is 5.32 Å². The van der Waals surface area contributed by atoms with E-state index >= 15 is 0 Å². The van der Waals surface area contributed by atoms with Crippen molar-refractivity contribution in [1.82, 2.24) is 5.01 Å². The van der Waals surface area contributed by atoms with Gasteiger partial charge in [-0.25, -0.2) is 14.6 Å². The van der Waals surface area contributed by atoms with Gasteiger partial charge in [0.25, 0.3) is 0 Å². The van der Waals surface area contributed by atoms with Gasteiger partial charge in [0.1, 0.15) is 0 Å². The van der Waals surface area contributed by atoms with Gasteiger partial charge in [0, 0.05) is 16.1 Å². The second kappa shape index (κ2) is 11.1. The van der Waals surface area contributed by atoms with E-state index in [0.717, 1.165) is 29.9 Å². The Morgan fingerprint density at radius 3 is 2.64 bits per heavy atom. The molecule has 0 bridgehead atoms. The molecular weight excluding hydrogens is 458 g/mol. The molecule has 1 unspecified atom stereocenters. The number of carbonyl (C=O) groups excluding carboxylic acids is 2. The van der Waals surface area contributed by atoms with Gasteiger partial charge in [0.2, 0.25) is 0 Å². The molecule has 1 aliphatic rings. The Morgan fingerprint density at radius 1 is 1.24 bits per heavy atom. The summed E-state index contributed by atoms with van der Waals surface area (Å²) < 4.78 is 5.25. The highest BCUT2D eigenvalue weighted by Gasteiger charge is 2.41. The number of rotatable bonds is 8. The van der Waals surface area contributed by atoms with E-state index < -0.39 is 5.97 Å². The van der Waals surface area contributed by atoms with E-state index in [0.29, 0.717) is 22.8 Å². The molecule has 2 aromatic carbocycles. The molecule has 0 aromatic heterocycles. The van der Waals surface area contributed by atoms with Crippen LogP contribution in [0.5, 0.6) is 0 Å². The van der Waals surface area contributed by atoms with Crippen LogP contribution in [0.2, 0.25) is 5.02 Å². The van der Waals surface area contributed by atoms with Gasteiger partial charge in [-0.1, -0.05) is 36.7 Å². The average Bonchev–Trinajstić information content (AvgIpc) is 3.12. The number of esters is 1. The molecule has 8 heteroatoms. The Morgan fingerprint density at radius 2 is 1.97 bits per heavy atom. The summed E-state index contributed by atoms with van der Waals surface area (Å²) in [5, 5.41) is 9.71. The van der Waals surface area contributed by atoms with E-state index in [9.17, 15) is 9.59 Å². The van der Waals surface area contributed by atoms with Gasteiger partial charge in [-0.2, -0.15) is 16.9 Å². The minimum absolute atomic E-state index is 0.218. The molecule has 6 nitrogen and oxygen atoms in total. The summed E-state index contributed by atoms with van der Waals surface area (Å²) in [5.41, 5.74) is 2.46. The van der Waals surface area contributed by atoms with Crippen molar-refractivity contribution in [3.05, 3.63) is 64.7 Å². The molecule has 33 heavy (non-hydrogen) atoms. The summed E-state index contributed by atoms with van der Waals surface area (Å²) in [6.07, 6.45) is 3.82. The topological polar surface area (TPSA) is 71.0 Å². The summed E-state index contributed by atoms with van der Waals surface area (Å²) >= 11 is 7.88. The summed E-state index contributed by atoms with van der Waals surface area (Å²) in [7, 11) is 0. The zero-order valence-electron chi connectivity index (χ0n) is 19.4. The molecule has 1 aliphatic heterocycles. The monoisotopic (exact) mass is 487 g/mol. The molecule has 3 rings (SSSR count). The Kier molecular flexibility index (Phi) is 8.43. The van der Waals surface area contributed by atoms with Crippen LogP contribution in [0.4, 0.5) is 10.5 Å². The molecule has 0 saturated heterocycles. The third-order valence-electron chi connectivity index (χ3n) is 5.41. The number of hydrogen-bond acceptors (Lipinski definition) is 5. The van der Waals surface area contributed by atoms with Crippen LogP contribution >= 0.6 is 23.4 Å². The molecule has 0 spiro atoms. The minimum Gasteiger partial charge on any atom is -0.459 e. The number of nitrogens with one attached hydrogen (secondary N) is 1. The zero-order valence-corrected chi connectivity index (χ0v) is 21.0. The van der Waals surface area contributed by atoms with E-state index in [2.05, 4.69) is 18.5 Å². The molecule has 0 aliphatic carbocycles. The van der Waals surface area contributed by atoms with Gasteiger partial charge >= 0.3 is 12.0 Å². The fraction of sp³-hybridized carbons (Fsp3) is 0.400. The molecule has 0 fully saturated rings. The number of hydrazone groups is 1. The predicted octanol–water partition coefficient (Wildman–Crippen LogP) is 6.31. The molecule has 1 heterocycles. The number of urea groups is 1. The quantitative estimate of drug-likeness (QED) is 0.350. The van der Waals surface area contributed by atoms with E-state index in [4.69, 9.17) is 21.4 Å². The molecule has 1 atom stereocenters. The van der Waals surface area contributed by atoms with Crippen molar-refractivity contribution in [2.75, 3.05) is 23.9 Å². The molecule has 0 radical (unpaired) electrons. The van der Waals surface area contributed by atoms with Gasteiger partial charge in [0.05, 0.1) is 23.9 Å². The number of carbonyl (C=O) groups is 2. The van der Waals surface area contributed by atoms with Gasteiger partial charge in [-0.3, -0.25) is 0 Å². The van der Waals surface area contributed by atoms with Gasteiger partial charge in [-0.15, -0.1) is 0 Å². The molecular formula is C25H30ClN3O3S. The maximum Gasteiger partial charge on any atom is 0.342 e. The summed E-state index contributed by atoms with van der Waals surface area (Å²) in [4.78, 5) is 25.3. The lowest BCUT2D eigenvalue weighted by Gasteiger charge is -2.26. The number of benzene rings is 2. The normalized spacial score (nSPS) is 17.8. The third kappa shape index (κ3) is 6.51. The highest BCUT2D eigenvalue weighted by atomic mass is 35.5. The van der Waals surface area contributed by atoms with E-state index in [-0.39, 0.29) is 17.6 Å². The Balaban J connectivity index is 1.80. The first-order valence-corrected chi connectivity index (χ1v) is 12.7. The average molecular weight is 488 g/mol. The van der Waals surface area contributed by atoms with Gasteiger partial charge < -0.3 is 10.1 Å². The van der Waals surface area contributed by atoms with Crippen LogP contribution in [-0.4, -0.2) is 47.4 Å². The fourth-order valence-corrected chi connectivity index (χ4v) is 4.37. The maximum absolute atomic E-state index is 13.1. The van der Waals surface area contributed by atoms with Crippen LogP contribution in [0.1, 0.15) is 49.5 Å². The smallest absolute Gasteiger partial charge is 0.342 e. The van der Waals surface area contributed by atoms with Crippen LogP contribution in [0.15, 0.2) is 53.6 Å². The first-order valence-electron chi connectivity index (χ1n) is 11.0. The number of halogens is 1. The van der Waals surface area contributed by atoms with Crippen molar-refractivity contribution in [2.24, 2.45) is 10.5 Å². The summed E-state index contributed by atoms with van der Waals surface area (Å²) in [6.45, 7) is 6.21. The summed E-state index contributed by atoms with van der Waals surface area (Å²) in [6, 6.07) is 13.9. The summed E-state index contributed by atoms with van der Waals surface area (Å²) in [5.74, 6) is 0.626. The molecule has 2 amide bonds. The fourth-order valence-electron chi connectivity index (χ4n) is 3.81. The van der Waals surface area contributed by atoms with Crippen LogP contribution in [0.25, 0.3) is 0 Å². The second-order valence-electron chi connectivity index (χ2n) is 8.64. The lowest BCUT2D eigenvalue weighted by Crippen LogP contribution is -2.35. The SMILES string of the molecule is CSCCCC1(C)CN(C(=O)Nc2cccc(C(=O)OC(C)C)c2)N=C1c1ccc(Cl)cc1. The first-order chi connectivity index (χ1) is 15.7. The predicted molar refractivity (Wildman–Crippen MR) is 136 cm³/mol. The largest absolute Gasteiger partial charge is 0.459 e. The number of thioether (sulfide) groups is 1. The molecule has 2 aromatic rings. The highest BCUT2D eigenvalue weighted by molar-refractivity contribution is 7.98. The number of ether oxygens (including phenoxy) is 1. The number of hydrogen-bond donors (Lipinski definition) is 1. The van der Waals surface area contributed by atoms with Crippen LogP contribution in [-0.2, 0) is 4.74 Å². The van der Waals surface area contributed by atoms with Crippen LogP contribution in [0, 0.1) is 5.41 Å². The Bertz CT molecular complexity index is 1030.